The smallest absolute Gasteiger partial charge is 0.271 e. The third kappa shape index (κ3) is 3.48. The summed E-state index contributed by atoms with van der Waals surface area (Å²) in [5.74, 6) is 2.27. The van der Waals surface area contributed by atoms with Gasteiger partial charge in [0.05, 0.1) is 10.6 Å². The highest BCUT2D eigenvalue weighted by Crippen LogP contribution is 2.18. The number of benzene rings is 2. The molecule has 2 rings (SSSR count). The maximum atomic E-state index is 11.7. The van der Waals surface area contributed by atoms with Gasteiger partial charge in [-0.3, -0.25) is 14.9 Å². The van der Waals surface area contributed by atoms with Crippen molar-refractivity contribution in [3.8, 4) is 0 Å². The summed E-state index contributed by atoms with van der Waals surface area (Å²) in [6.45, 7) is 0. The van der Waals surface area contributed by atoms with Crippen molar-refractivity contribution in [3.63, 3.8) is 0 Å². The zero-order valence-corrected chi connectivity index (χ0v) is 10.4. The lowest BCUT2D eigenvalue weighted by atomic mass is 10.1. The highest BCUT2D eigenvalue weighted by molar-refractivity contribution is 6.09. The van der Waals surface area contributed by atoms with E-state index in [2.05, 4.69) is 10.9 Å². The van der Waals surface area contributed by atoms with Crippen LogP contribution >= 0.6 is 0 Å². The second kappa shape index (κ2) is 6.22. The van der Waals surface area contributed by atoms with Gasteiger partial charge in [0.15, 0.2) is 5.78 Å². The van der Waals surface area contributed by atoms with Crippen molar-refractivity contribution in [1.82, 2.24) is 0 Å². The Bertz CT molecular complexity index is 702. The first kappa shape index (κ1) is 13.4. The van der Waals surface area contributed by atoms with Gasteiger partial charge in [0.1, 0.15) is 0 Å². The summed E-state index contributed by atoms with van der Waals surface area (Å²) in [7, 11) is 0. The molecule has 0 aromatic heterocycles. The molecule has 5 heteroatoms. The van der Waals surface area contributed by atoms with Crippen molar-refractivity contribution >= 4 is 23.0 Å². The van der Waals surface area contributed by atoms with Gasteiger partial charge in [-0.15, -0.1) is 0 Å². The van der Waals surface area contributed by atoms with Crippen LogP contribution < -0.4 is 0 Å². The van der Waals surface area contributed by atoms with E-state index < -0.39 is 4.92 Å². The van der Waals surface area contributed by atoms with Crippen LogP contribution in [0.2, 0.25) is 0 Å². The topological polar surface area (TPSA) is 72.6 Å². The summed E-state index contributed by atoms with van der Waals surface area (Å²) < 4.78 is 0. The van der Waals surface area contributed by atoms with Crippen molar-refractivity contribution in [2.24, 2.45) is 4.99 Å². The van der Waals surface area contributed by atoms with Gasteiger partial charge >= 0.3 is 0 Å². The second-order valence-corrected chi connectivity index (χ2v) is 3.89. The molecule has 2 aromatic rings. The first-order valence-corrected chi connectivity index (χ1v) is 5.80. The van der Waals surface area contributed by atoms with Gasteiger partial charge in [0, 0.05) is 23.8 Å². The van der Waals surface area contributed by atoms with E-state index >= 15 is 0 Å². The van der Waals surface area contributed by atoms with Crippen molar-refractivity contribution in [1.29, 1.82) is 0 Å². The molecule has 0 fully saturated rings. The van der Waals surface area contributed by atoms with Gasteiger partial charge < -0.3 is 0 Å². The first-order valence-electron chi connectivity index (χ1n) is 5.80. The second-order valence-electron chi connectivity index (χ2n) is 3.89. The lowest BCUT2D eigenvalue weighted by Gasteiger charge is -1.92. The summed E-state index contributed by atoms with van der Waals surface area (Å²) in [5, 5.41) is 10.6. The van der Waals surface area contributed by atoms with Crippen LogP contribution in [-0.4, -0.2) is 16.6 Å². The molecule has 0 amide bonds. The largest absolute Gasteiger partial charge is 0.289 e. The Labute approximate surface area is 115 Å². The normalized spacial score (nSPS) is 9.40. The molecule has 0 aliphatic heterocycles. The standard InChI is InChI=1S/C15H10N2O3/c18-15(12-5-2-1-3-6-12)9-10-16-13-7-4-8-14(11-13)17(19)20/h1-9,11H. The Morgan fingerprint density at radius 1 is 1.15 bits per heavy atom. The number of nitro groups is 1. The molecule has 0 saturated carbocycles. The average molecular weight is 266 g/mol. The minimum atomic E-state index is -0.502. The lowest BCUT2D eigenvalue weighted by molar-refractivity contribution is -0.384. The van der Waals surface area contributed by atoms with E-state index in [4.69, 9.17) is 0 Å². The van der Waals surface area contributed by atoms with Gasteiger partial charge in [-0.2, -0.15) is 0 Å². The first-order chi connectivity index (χ1) is 9.66. The molecular weight excluding hydrogens is 256 g/mol. The highest BCUT2D eigenvalue weighted by Gasteiger charge is 2.04. The molecule has 20 heavy (non-hydrogen) atoms. The maximum absolute atomic E-state index is 11.7. The number of non-ortho nitro benzene ring substituents is 1. The molecule has 0 aliphatic rings. The monoisotopic (exact) mass is 266 g/mol. The van der Waals surface area contributed by atoms with E-state index in [-0.39, 0.29) is 11.5 Å². The van der Waals surface area contributed by atoms with Crippen LogP contribution in [0.15, 0.2) is 65.7 Å². The van der Waals surface area contributed by atoms with Gasteiger partial charge in [-0.05, 0) is 11.9 Å². The van der Waals surface area contributed by atoms with E-state index in [1.54, 1.807) is 30.3 Å². The summed E-state index contributed by atoms with van der Waals surface area (Å²) in [5.41, 5.74) is 0.855. The van der Waals surface area contributed by atoms with Crippen LogP contribution in [0, 0.1) is 10.1 Å². The van der Waals surface area contributed by atoms with Crippen LogP contribution in [0.4, 0.5) is 11.4 Å². The number of ketones is 1. The minimum absolute atomic E-state index is 0.0533. The maximum Gasteiger partial charge on any atom is 0.271 e. The van der Waals surface area contributed by atoms with E-state index in [1.807, 2.05) is 6.07 Å². The van der Waals surface area contributed by atoms with Gasteiger partial charge in [-0.1, -0.05) is 36.4 Å². The highest BCUT2D eigenvalue weighted by atomic mass is 16.6. The van der Waals surface area contributed by atoms with E-state index in [0.717, 1.165) is 0 Å². The van der Waals surface area contributed by atoms with Crippen molar-refractivity contribution in [3.05, 3.63) is 76.4 Å². The molecule has 0 N–H and O–H groups in total. The number of nitrogens with zero attached hydrogens (tertiary/aromatic N) is 2. The quantitative estimate of drug-likeness (QED) is 0.280. The fourth-order valence-electron chi connectivity index (χ4n) is 1.53. The zero-order valence-electron chi connectivity index (χ0n) is 10.4. The van der Waals surface area contributed by atoms with Gasteiger partial charge in [0.25, 0.3) is 5.69 Å². The number of carbonyl (C=O) groups is 1. The summed E-state index contributed by atoms with van der Waals surface area (Å²) in [6.07, 6.45) is 1.20. The molecule has 0 saturated heterocycles. The Morgan fingerprint density at radius 3 is 2.60 bits per heavy atom. The number of carbonyl (C=O) groups excluding carboxylic acids is 1. The average Bonchev–Trinajstić information content (AvgIpc) is 2.48. The van der Waals surface area contributed by atoms with Gasteiger partial charge in [0.2, 0.25) is 0 Å². The van der Waals surface area contributed by atoms with Crippen LogP contribution in [0.1, 0.15) is 10.4 Å². The SMILES string of the molecule is O=C(C=C=Nc1cccc([N+](=O)[O-])c1)c1ccccc1. The van der Waals surface area contributed by atoms with Crippen LogP contribution in [-0.2, 0) is 0 Å². The van der Waals surface area contributed by atoms with E-state index in [0.29, 0.717) is 11.3 Å². The number of hydrogen-bond donors (Lipinski definition) is 0. The molecule has 0 radical (unpaired) electrons. The number of aliphatic imine (C=N–C) groups is 1. The predicted octanol–water partition coefficient (Wildman–Crippen LogP) is 3.34. The molecule has 0 unspecified atom stereocenters. The third-order valence-electron chi connectivity index (χ3n) is 2.49. The minimum Gasteiger partial charge on any atom is -0.289 e. The summed E-state index contributed by atoms with van der Waals surface area (Å²) in [6, 6.07) is 14.5. The molecule has 0 heterocycles. The number of allylic oxidation sites excluding steroid dienone is 1. The predicted molar refractivity (Wildman–Crippen MR) is 75.5 cm³/mol. The number of rotatable bonds is 4. The molecule has 5 nitrogen and oxygen atoms in total. The molecule has 0 bridgehead atoms. The molecule has 98 valence electrons. The Hall–Kier alpha value is -3.04. The summed E-state index contributed by atoms with van der Waals surface area (Å²) in [4.78, 5) is 25.7. The van der Waals surface area contributed by atoms with Crippen molar-refractivity contribution in [2.75, 3.05) is 0 Å². The van der Waals surface area contributed by atoms with Crippen molar-refractivity contribution < 1.29 is 9.72 Å². The fourth-order valence-corrected chi connectivity index (χ4v) is 1.53. The third-order valence-corrected chi connectivity index (χ3v) is 2.49. The Morgan fingerprint density at radius 2 is 1.90 bits per heavy atom. The zero-order chi connectivity index (χ0) is 14.4. The van der Waals surface area contributed by atoms with Crippen LogP contribution in [0.3, 0.4) is 0 Å². The van der Waals surface area contributed by atoms with Crippen LogP contribution in [0.25, 0.3) is 0 Å². The molecule has 0 atom stereocenters. The Kier molecular flexibility index (Phi) is 4.17. The lowest BCUT2D eigenvalue weighted by Crippen LogP contribution is -1.92. The van der Waals surface area contributed by atoms with Gasteiger partial charge in [-0.25, -0.2) is 4.99 Å². The Balaban J connectivity index is 2.17. The molecule has 0 spiro atoms. The van der Waals surface area contributed by atoms with Crippen LogP contribution in [0.5, 0.6) is 0 Å². The van der Waals surface area contributed by atoms with Crippen molar-refractivity contribution in [2.45, 2.75) is 0 Å². The van der Waals surface area contributed by atoms with E-state index in [1.165, 1.54) is 24.3 Å². The molecular formula is C15H10N2O3. The number of hydrogen-bond acceptors (Lipinski definition) is 4. The number of nitro benzene ring substituents is 1. The van der Waals surface area contributed by atoms with E-state index in [9.17, 15) is 14.9 Å². The molecule has 2 aromatic carbocycles. The fraction of sp³-hybridized carbons (Fsp3) is 0. The molecule has 0 aliphatic carbocycles. The summed E-state index contributed by atoms with van der Waals surface area (Å²) >= 11 is 0.